The molecule has 0 atom stereocenters. The Morgan fingerprint density at radius 2 is 2.20 bits per heavy atom. The summed E-state index contributed by atoms with van der Waals surface area (Å²) >= 11 is 7.40. The maximum Gasteiger partial charge on any atom is 0.102 e. The number of nitrogens with zero attached hydrogens (tertiary/aromatic N) is 3. The molecule has 3 aromatic heterocycles. The van der Waals surface area contributed by atoms with Crippen LogP contribution in [0.3, 0.4) is 0 Å². The summed E-state index contributed by atoms with van der Waals surface area (Å²) in [6.45, 7) is 0. The number of hydrogen-bond donors (Lipinski definition) is 0. The summed E-state index contributed by atoms with van der Waals surface area (Å²) in [6, 6.07) is 11.8. The van der Waals surface area contributed by atoms with Crippen molar-refractivity contribution in [1.29, 1.82) is 5.26 Å². The topological polar surface area (TPSA) is 41.1 Å². The van der Waals surface area contributed by atoms with Crippen molar-refractivity contribution in [3.8, 4) is 6.07 Å². The molecule has 0 fully saturated rings. The number of halogens is 1. The van der Waals surface area contributed by atoms with Gasteiger partial charge in [0.15, 0.2) is 0 Å². The normalized spacial score (nSPS) is 10.6. The van der Waals surface area contributed by atoms with E-state index >= 15 is 0 Å². The van der Waals surface area contributed by atoms with Gasteiger partial charge in [-0.3, -0.25) is 0 Å². The number of fused-ring (bicyclic) bond motifs is 1. The Kier molecular flexibility index (Phi) is 3.64. The Morgan fingerprint density at radius 1 is 1.30 bits per heavy atom. The fourth-order valence-electron chi connectivity index (χ4n) is 2.02. The number of aromatic nitrogens is 2. The largest absolute Gasteiger partial charge is 0.322 e. The van der Waals surface area contributed by atoms with Crippen molar-refractivity contribution in [1.82, 2.24) is 9.38 Å². The summed E-state index contributed by atoms with van der Waals surface area (Å²) in [7, 11) is 0. The molecule has 98 valence electrons. The van der Waals surface area contributed by atoms with E-state index in [9.17, 15) is 5.26 Å². The first kappa shape index (κ1) is 13.0. The lowest BCUT2D eigenvalue weighted by Crippen LogP contribution is -1.84. The Balaban J connectivity index is 1.87. The molecule has 0 saturated heterocycles. The molecule has 0 aliphatic rings. The molecule has 0 spiro atoms. The summed E-state index contributed by atoms with van der Waals surface area (Å²) < 4.78 is 1.98. The SMILES string of the molecule is N#Cc1c(CSc2ccc(Cl)cn2)cn2ccccc12. The predicted molar refractivity (Wildman–Crippen MR) is 80.9 cm³/mol. The van der Waals surface area contributed by atoms with E-state index in [1.54, 1.807) is 18.0 Å². The van der Waals surface area contributed by atoms with Crippen LogP contribution in [0.5, 0.6) is 0 Å². The molecule has 0 N–H and O–H groups in total. The first-order valence-corrected chi connectivity index (χ1v) is 7.37. The first-order valence-electron chi connectivity index (χ1n) is 6.01. The lowest BCUT2D eigenvalue weighted by atomic mass is 10.2. The smallest absolute Gasteiger partial charge is 0.102 e. The van der Waals surface area contributed by atoms with E-state index in [-0.39, 0.29) is 0 Å². The number of rotatable bonds is 3. The van der Waals surface area contributed by atoms with Gasteiger partial charge in [0.2, 0.25) is 0 Å². The molecule has 0 aliphatic carbocycles. The quantitative estimate of drug-likeness (QED) is 0.682. The van der Waals surface area contributed by atoms with E-state index in [2.05, 4.69) is 11.1 Å². The van der Waals surface area contributed by atoms with Crippen LogP contribution in [0.2, 0.25) is 5.02 Å². The Morgan fingerprint density at radius 3 is 2.95 bits per heavy atom. The molecule has 0 radical (unpaired) electrons. The van der Waals surface area contributed by atoms with Crippen LogP contribution in [0.15, 0.2) is 53.9 Å². The van der Waals surface area contributed by atoms with Crippen LogP contribution < -0.4 is 0 Å². The zero-order valence-electron chi connectivity index (χ0n) is 10.5. The van der Waals surface area contributed by atoms with Gasteiger partial charge in [-0.1, -0.05) is 17.7 Å². The maximum atomic E-state index is 9.33. The maximum absolute atomic E-state index is 9.33. The molecule has 20 heavy (non-hydrogen) atoms. The van der Waals surface area contributed by atoms with Crippen molar-refractivity contribution in [2.75, 3.05) is 0 Å². The van der Waals surface area contributed by atoms with Gasteiger partial charge in [0.1, 0.15) is 6.07 Å². The molecule has 0 amide bonds. The highest BCUT2D eigenvalue weighted by atomic mass is 35.5. The molecule has 3 aromatic rings. The number of hydrogen-bond acceptors (Lipinski definition) is 3. The van der Waals surface area contributed by atoms with Crippen molar-refractivity contribution >= 4 is 28.9 Å². The molecule has 0 bridgehead atoms. The Bertz CT molecular complexity index is 787. The van der Waals surface area contributed by atoms with Gasteiger partial charge in [-0.15, -0.1) is 11.8 Å². The van der Waals surface area contributed by atoms with Crippen LogP contribution in [-0.2, 0) is 5.75 Å². The summed E-state index contributed by atoms with van der Waals surface area (Å²) in [5.74, 6) is 0.708. The second kappa shape index (κ2) is 5.58. The van der Waals surface area contributed by atoms with Crippen molar-refractivity contribution in [3.05, 3.63) is 65.1 Å². The molecule has 3 nitrogen and oxygen atoms in total. The molecule has 3 heterocycles. The van der Waals surface area contributed by atoms with Gasteiger partial charge in [0.25, 0.3) is 0 Å². The molecule has 5 heteroatoms. The van der Waals surface area contributed by atoms with Crippen molar-refractivity contribution in [3.63, 3.8) is 0 Å². The number of thioether (sulfide) groups is 1. The minimum absolute atomic E-state index is 0.627. The third-order valence-electron chi connectivity index (χ3n) is 2.95. The molecular formula is C15H10ClN3S. The molecule has 0 saturated carbocycles. The van der Waals surface area contributed by atoms with Crippen LogP contribution in [0, 0.1) is 11.3 Å². The van der Waals surface area contributed by atoms with Crippen molar-refractivity contribution in [2.24, 2.45) is 0 Å². The van der Waals surface area contributed by atoms with Crippen LogP contribution in [0.1, 0.15) is 11.1 Å². The van der Waals surface area contributed by atoms with E-state index in [0.29, 0.717) is 10.8 Å². The van der Waals surface area contributed by atoms with Gasteiger partial charge >= 0.3 is 0 Å². The molecule has 0 aliphatic heterocycles. The van der Waals surface area contributed by atoms with Crippen molar-refractivity contribution in [2.45, 2.75) is 10.8 Å². The standard InChI is InChI=1S/C15H10ClN3S/c16-12-4-5-15(18-8-12)20-10-11-9-19-6-2-1-3-14(19)13(11)7-17/h1-6,8-9H,10H2. The zero-order chi connectivity index (χ0) is 13.9. The first-order chi connectivity index (χ1) is 9.78. The van der Waals surface area contributed by atoms with E-state index in [0.717, 1.165) is 21.7 Å². The van der Waals surface area contributed by atoms with Crippen LogP contribution >= 0.6 is 23.4 Å². The second-order valence-corrected chi connectivity index (χ2v) is 5.67. The average Bonchev–Trinajstić information content (AvgIpc) is 2.84. The highest BCUT2D eigenvalue weighted by Gasteiger charge is 2.10. The van der Waals surface area contributed by atoms with E-state index < -0.39 is 0 Å². The summed E-state index contributed by atoms with van der Waals surface area (Å²) in [4.78, 5) is 4.24. The second-order valence-electron chi connectivity index (χ2n) is 4.24. The fraction of sp³-hybridized carbons (Fsp3) is 0.0667. The van der Waals surface area contributed by atoms with Crippen molar-refractivity contribution < 1.29 is 0 Å². The number of nitriles is 1. The minimum atomic E-state index is 0.627. The number of pyridine rings is 2. The van der Waals surface area contributed by atoms with Gasteiger partial charge in [-0.25, -0.2) is 4.98 Å². The predicted octanol–water partition coefficient (Wildman–Crippen LogP) is 4.15. The van der Waals surface area contributed by atoms with Crippen LogP contribution in [-0.4, -0.2) is 9.38 Å². The summed E-state index contributed by atoms with van der Waals surface area (Å²) in [6.07, 6.45) is 5.58. The van der Waals surface area contributed by atoms with E-state index in [1.807, 2.05) is 47.1 Å². The molecule has 0 aromatic carbocycles. The van der Waals surface area contributed by atoms with E-state index in [4.69, 9.17) is 11.6 Å². The fourth-order valence-corrected chi connectivity index (χ4v) is 2.94. The van der Waals surface area contributed by atoms with Gasteiger partial charge in [0, 0.05) is 24.3 Å². The average molecular weight is 300 g/mol. The lowest BCUT2D eigenvalue weighted by Gasteiger charge is -1.99. The monoisotopic (exact) mass is 299 g/mol. The Hall–Kier alpha value is -1.96. The third-order valence-corrected chi connectivity index (χ3v) is 4.17. The third kappa shape index (κ3) is 2.51. The lowest BCUT2D eigenvalue weighted by molar-refractivity contribution is 1.13. The zero-order valence-corrected chi connectivity index (χ0v) is 12.0. The highest BCUT2D eigenvalue weighted by molar-refractivity contribution is 7.98. The summed E-state index contributed by atoms with van der Waals surface area (Å²) in [5, 5.41) is 10.9. The van der Waals surface area contributed by atoms with E-state index in [1.165, 1.54) is 0 Å². The molecule has 3 rings (SSSR count). The van der Waals surface area contributed by atoms with Gasteiger partial charge < -0.3 is 4.40 Å². The van der Waals surface area contributed by atoms with Gasteiger partial charge in [-0.2, -0.15) is 5.26 Å². The van der Waals surface area contributed by atoms with Gasteiger partial charge in [0.05, 0.1) is 21.1 Å². The van der Waals surface area contributed by atoms with Crippen LogP contribution in [0.25, 0.3) is 5.52 Å². The molecule has 0 unspecified atom stereocenters. The Labute approximate surface area is 125 Å². The minimum Gasteiger partial charge on any atom is -0.322 e. The highest BCUT2D eigenvalue weighted by Crippen LogP contribution is 2.26. The van der Waals surface area contributed by atoms with Gasteiger partial charge in [-0.05, 0) is 29.8 Å². The molecular weight excluding hydrogens is 290 g/mol. The summed E-state index contributed by atoms with van der Waals surface area (Å²) in [5.41, 5.74) is 2.68. The van der Waals surface area contributed by atoms with Crippen LogP contribution in [0.4, 0.5) is 0 Å².